The van der Waals surface area contributed by atoms with Gasteiger partial charge in [0.25, 0.3) is 0 Å². The second kappa shape index (κ2) is 8.02. The number of rotatable bonds is 7. The van der Waals surface area contributed by atoms with Gasteiger partial charge in [0.15, 0.2) is 0 Å². The smallest absolute Gasteiger partial charge is 0.123 e. The van der Waals surface area contributed by atoms with Gasteiger partial charge in [-0.05, 0) is 42.4 Å². The van der Waals surface area contributed by atoms with Crippen LogP contribution in [0, 0.1) is 0 Å². The van der Waals surface area contributed by atoms with Crippen LogP contribution >= 0.6 is 15.9 Å². The van der Waals surface area contributed by atoms with Crippen molar-refractivity contribution in [1.29, 1.82) is 0 Å². The summed E-state index contributed by atoms with van der Waals surface area (Å²) in [6.45, 7) is 4.54. The van der Waals surface area contributed by atoms with Crippen LogP contribution in [-0.2, 0) is 13.0 Å². The van der Waals surface area contributed by atoms with Crippen molar-refractivity contribution in [3.05, 3.63) is 58.3 Å². The molecule has 0 unspecified atom stereocenters. The first-order chi connectivity index (χ1) is 9.79. The van der Waals surface area contributed by atoms with Gasteiger partial charge in [-0.1, -0.05) is 22.9 Å². The Hall–Kier alpha value is -1.39. The van der Waals surface area contributed by atoms with Gasteiger partial charge in [-0.3, -0.25) is 4.98 Å². The zero-order valence-corrected chi connectivity index (χ0v) is 13.2. The fraction of sp³-hybridized carbons (Fsp3) is 0.312. The molecule has 0 amide bonds. The largest absolute Gasteiger partial charge is 0.493 e. The van der Waals surface area contributed by atoms with Gasteiger partial charge in [0.2, 0.25) is 0 Å². The molecule has 0 aliphatic rings. The Morgan fingerprint density at radius 1 is 1.20 bits per heavy atom. The summed E-state index contributed by atoms with van der Waals surface area (Å²) in [6, 6.07) is 10.2. The fourth-order valence-corrected chi connectivity index (χ4v) is 2.32. The van der Waals surface area contributed by atoms with Crippen LogP contribution in [0.1, 0.15) is 18.1 Å². The van der Waals surface area contributed by atoms with E-state index >= 15 is 0 Å². The normalized spacial score (nSPS) is 10.5. The summed E-state index contributed by atoms with van der Waals surface area (Å²) in [6.07, 6.45) is 4.51. The maximum Gasteiger partial charge on any atom is 0.123 e. The van der Waals surface area contributed by atoms with Crippen molar-refractivity contribution < 1.29 is 4.74 Å². The molecule has 2 rings (SSSR count). The van der Waals surface area contributed by atoms with E-state index in [1.165, 1.54) is 11.1 Å². The van der Waals surface area contributed by atoms with E-state index in [2.05, 4.69) is 39.2 Å². The Morgan fingerprint density at radius 2 is 2.00 bits per heavy atom. The summed E-state index contributed by atoms with van der Waals surface area (Å²) in [4.78, 5) is 4.01. The molecule has 106 valence electrons. The molecule has 1 N–H and O–H groups in total. The standard InChI is InChI=1S/C16H19BrN2O/c1-2-18-12-14-11-15(17)3-4-16(14)20-10-7-13-5-8-19-9-6-13/h3-6,8-9,11,18H,2,7,10,12H2,1H3. The molecule has 4 heteroatoms. The number of hydrogen-bond acceptors (Lipinski definition) is 3. The molecule has 1 aromatic carbocycles. The highest BCUT2D eigenvalue weighted by molar-refractivity contribution is 9.10. The maximum absolute atomic E-state index is 5.91. The average Bonchev–Trinajstić information content (AvgIpc) is 2.48. The molecule has 0 spiro atoms. The van der Waals surface area contributed by atoms with Crippen molar-refractivity contribution in [3.63, 3.8) is 0 Å². The minimum absolute atomic E-state index is 0.671. The quantitative estimate of drug-likeness (QED) is 0.840. The van der Waals surface area contributed by atoms with Crippen molar-refractivity contribution in [3.8, 4) is 5.75 Å². The van der Waals surface area contributed by atoms with E-state index in [0.29, 0.717) is 6.61 Å². The lowest BCUT2D eigenvalue weighted by molar-refractivity contribution is 0.317. The second-order valence-electron chi connectivity index (χ2n) is 4.49. The van der Waals surface area contributed by atoms with Gasteiger partial charge in [0.1, 0.15) is 5.75 Å². The lowest BCUT2D eigenvalue weighted by Gasteiger charge is -2.12. The van der Waals surface area contributed by atoms with Gasteiger partial charge in [-0.15, -0.1) is 0 Å². The number of pyridine rings is 1. The van der Waals surface area contributed by atoms with Crippen LogP contribution in [0.2, 0.25) is 0 Å². The predicted octanol–water partition coefficient (Wildman–Crippen LogP) is 3.58. The molecule has 0 aliphatic carbocycles. The van der Waals surface area contributed by atoms with Gasteiger partial charge in [0.05, 0.1) is 6.61 Å². The van der Waals surface area contributed by atoms with E-state index in [0.717, 1.165) is 29.7 Å². The van der Waals surface area contributed by atoms with E-state index in [-0.39, 0.29) is 0 Å². The van der Waals surface area contributed by atoms with Crippen molar-refractivity contribution in [2.45, 2.75) is 19.9 Å². The monoisotopic (exact) mass is 334 g/mol. The fourth-order valence-electron chi connectivity index (χ4n) is 1.91. The summed E-state index contributed by atoms with van der Waals surface area (Å²) in [5, 5.41) is 3.33. The molecule has 0 atom stereocenters. The zero-order valence-electron chi connectivity index (χ0n) is 11.6. The Morgan fingerprint density at radius 3 is 2.75 bits per heavy atom. The third-order valence-electron chi connectivity index (χ3n) is 2.99. The average molecular weight is 335 g/mol. The topological polar surface area (TPSA) is 34.1 Å². The molecule has 0 bridgehead atoms. The van der Waals surface area contributed by atoms with Crippen molar-refractivity contribution in [2.24, 2.45) is 0 Å². The maximum atomic E-state index is 5.91. The van der Waals surface area contributed by atoms with Crippen LogP contribution in [0.3, 0.4) is 0 Å². The molecule has 0 aliphatic heterocycles. The number of ether oxygens (including phenoxy) is 1. The van der Waals surface area contributed by atoms with Gasteiger partial charge in [-0.25, -0.2) is 0 Å². The van der Waals surface area contributed by atoms with Gasteiger partial charge in [-0.2, -0.15) is 0 Å². The Balaban J connectivity index is 1.94. The van der Waals surface area contributed by atoms with Crippen LogP contribution in [0.5, 0.6) is 5.75 Å². The molecule has 3 nitrogen and oxygen atoms in total. The van der Waals surface area contributed by atoms with Gasteiger partial charge < -0.3 is 10.1 Å². The summed E-state index contributed by atoms with van der Waals surface area (Å²) >= 11 is 3.50. The SMILES string of the molecule is CCNCc1cc(Br)ccc1OCCc1ccncc1. The van der Waals surface area contributed by atoms with Crippen molar-refractivity contribution in [2.75, 3.05) is 13.2 Å². The molecule has 1 aromatic heterocycles. The van der Waals surface area contributed by atoms with Crippen LogP contribution < -0.4 is 10.1 Å². The summed E-state index contributed by atoms with van der Waals surface area (Å²) in [5.41, 5.74) is 2.42. The summed E-state index contributed by atoms with van der Waals surface area (Å²) < 4.78 is 6.99. The molecule has 2 aromatic rings. The summed E-state index contributed by atoms with van der Waals surface area (Å²) in [7, 11) is 0. The number of hydrogen-bond donors (Lipinski definition) is 1. The molecule has 0 saturated carbocycles. The Kier molecular flexibility index (Phi) is 6.02. The van der Waals surface area contributed by atoms with Crippen LogP contribution in [0.25, 0.3) is 0 Å². The minimum atomic E-state index is 0.671. The number of aromatic nitrogens is 1. The van der Waals surface area contributed by atoms with Crippen LogP contribution in [0.15, 0.2) is 47.2 Å². The number of nitrogens with zero attached hydrogens (tertiary/aromatic N) is 1. The van der Waals surface area contributed by atoms with Gasteiger partial charge >= 0.3 is 0 Å². The molecule has 0 fully saturated rings. The predicted molar refractivity (Wildman–Crippen MR) is 85.0 cm³/mol. The zero-order chi connectivity index (χ0) is 14.2. The number of nitrogens with one attached hydrogen (secondary N) is 1. The lowest BCUT2D eigenvalue weighted by Crippen LogP contribution is -2.13. The second-order valence-corrected chi connectivity index (χ2v) is 5.40. The van der Waals surface area contributed by atoms with Crippen molar-refractivity contribution in [1.82, 2.24) is 10.3 Å². The van der Waals surface area contributed by atoms with E-state index in [9.17, 15) is 0 Å². The number of benzene rings is 1. The van der Waals surface area contributed by atoms with E-state index in [1.54, 1.807) is 0 Å². The Bertz CT molecular complexity index is 531. The molecular formula is C16H19BrN2O. The molecule has 0 radical (unpaired) electrons. The highest BCUT2D eigenvalue weighted by atomic mass is 79.9. The lowest BCUT2D eigenvalue weighted by atomic mass is 10.2. The third-order valence-corrected chi connectivity index (χ3v) is 3.48. The third kappa shape index (κ3) is 4.62. The molecule has 1 heterocycles. The molecular weight excluding hydrogens is 316 g/mol. The van der Waals surface area contributed by atoms with Crippen molar-refractivity contribution >= 4 is 15.9 Å². The first-order valence-electron chi connectivity index (χ1n) is 6.80. The molecule has 20 heavy (non-hydrogen) atoms. The highest BCUT2D eigenvalue weighted by Crippen LogP contribution is 2.23. The van der Waals surface area contributed by atoms with E-state index < -0.39 is 0 Å². The van der Waals surface area contributed by atoms with E-state index in [1.807, 2.05) is 36.7 Å². The summed E-state index contributed by atoms with van der Waals surface area (Å²) in [5.74, 6) is 0.947. The minimum Gasteiger partial charge on any atom is -0.493 e. The van der Waals surface area contributed by atoms with Crippen LogP contribution in [0.4, 0.5) is 0 Å². The van der Waals surface area contributed by atoms with Gasteiger partial charge in [0, 0.05) is 35.4 Å². The highest BCUT2D eigenvalue weighted by Gasteiger charge is 2.04. The Labute approximate surface area is 128 Å². The van der Waals surface area contributed by atoms with E-state index in [4.69, 9.17) is 4.74 Å². The molecule has 0 saturated heterocycles. The number of halogens is 1. The first-order valence-corrected chi connectivity index (χ1v) is 7.59. The first kappa shape index (κ1) is 15.0. The van der Waals surface area contributed by atoms with Crippen LogP contribution in [-0.4, -0.2) is 18.1 Å².